The van der Waals surface area contributed by atoms with E-state index in [4.69, 9.17) is 0 Å². The molecule has 108 valence electrons. The number of amides is 1. The summed E-state index contributed by atoms with van der Waals surface area (Å²) < 4.78 is 1.59. The van der Waals surface area contributed by atoms with Crippen LogP contribution in [0.15, 0.2) is 18.5 Å². The maximum atomic E-state index is 12.3. The Morgan fingerprint density at radius 3 is 2.50 bits per heavy atom. The summed E-state index contributed by atoms with van der Waals surface area (Å²) in [5.41, 5.74) is 1.38. The number of aryl methyl sites for hydroxylation is 2. The molecule has 0 saturated carbocycles. The molecule has 2 heterocycles. The number of hydrogen-bond donors (Lipinski definition) is 1. The Morgan fingerprint density at radius 2 is 2.00 bits per heavy atom. The second-order valence-electron chi connectivity index (χ2n) is 5.20. The van der Waals surface area contributed by atoms with Gasteiger partial charge < -0.3 is 5.32 Å². The molecule has 1 atom stereocenters. The SMILES string of the molecule is Cc1cc(C(=O)NC(Cn2nccn2)C(C)C)n(C)n1. The van der Waals surface area contributed by atoms with Crippen molar-refractivity contribution >= 4 is 5.91 Å². The molecular weight excluding hydrogens is 256 g/mol. The Kier molecular flexibility index (Phi) is 4.16. The standard InChI is InChI=1S/C13H20N6O/c1-9(2)11(8-19-14-5-6-15-19)16-13(20)12-7-10(3)17-18(12)4/h5-7,9,11H,8H2,1-4H3,(H,16,20). The van der Waals surface area contributed by atoms with Crippen molar-refractivity contribution in [3.63, 3.8) is 0 Å². The number of carbonyl (C=O) groups is 1. The number of hydrogen-bond acceptors (Lipinski definition) is 4. The van der Waals surface area contributed by atoms with E-state index in [0.29, 0.717) is 12.2 Å². The van der Waals surface area contributed by atoms with Crippen molar-refractivity contribution in [3.05, 3.63) is 29.8 Å². The lowest BCUT2D eigenvalue weighted by atomic mass is 10.0. The van der Waals surface area contributed by atoms with E-state index in [1.807, 2.05) is 6.92 Å². The van der Waals surface area contributed by atoms with Gasteiger partial charge in [-0.25, -0.2) is 0 Å². The highest BCUT2D eigenvalue weighted by Gasteiger charge is 2.20. The van der Waals surface area contributed by atoms with Crippen LogP contribution in [0.5, 0.6) is 0 Å². The van der Waals surface area contributed by atoms with Crippen molar-refractivity contribution in [1.82, 2.24) is 30.1 Å². The third kappa shape index (κ3) is 3.23. The summed E-state index contributed by atoms with van der Waals surface area (Å²) in [6.07, 6.45) is 3.26. The van der Waals surface area contributed by atoms with Gasteiger partial charge in [0.05, 0.1) is 30.7 Å². The van der Waals surface area contributed by atoms with E-state index in [1.165, 1.54) is 0 Å². The lowest BCUT2D eigenvalue weighted by Crippen LogP contribution is -2.42. The van der Waals surface area contributed by atoms with Gasteiger partial charge in [0.25, 0.3) is 5.91 Å². The molecule has 0 spiro atoms. The van der Waals surface area contributed by atoms with Gasteiger partial charge in [0.2, 0.25) is 0 Å². The predicted molar refractivity (Wildman–Crippen MR) is 74.1 cm³/mol. The summed E-state index contributed by atoms with van der Waals surface area (Å²) in [7, 11) is 1.77. The molecule has 0 fully saturated rings. The van der Waals surface area contributed by atoms with Crippen LogP contribution in [0, 0.1) is 12.8 Å². The van der Waals surface area contributed by atoms with Crippen molar-refractivity contribution in [2.45, 2.75) is 33.4 Å². The van der Waals surface area contributed by atoms with Gasteiger partial charge in [-0.3, -0.25) is 9.48 Å². The summed E-state index contributed by atoms with van der Waals surface area (Å²) in [5.74, 6) is 0.151. The third-order valence-corrected chi connectivity index (χ3v) is 3.18. The number of aromatic nitrogens is 5. The lowest BCUT2D eigenvalue weighted by molar-refractivity contribution is 0.0908. The van der Waals surface area contributed by atoms with Crippen LogP contribution in [0.3, 0.4) is 0 Å². The molecule has 0 aromatic carbocycles. The fraction of sp³-hybridized carbons (Fsp3) is 0.538. The van der Waals surface area contributed by atoms with Crippen molar-refractivity contribution in [2.75, 3.05) is 0 Å². The van der Waals surface area contributed by atoms with Crippen LogP contribution in [0.2, 0.25) is 0 Å². The zero-order chi connectivity index (χ0) is 14.7. The van der Waals surface area contributed by atoms with E-state index < -0.39 is 0 Å². The summed E-state index contributed by atoms with van der Waals surface area (Å²) in [6.45, 7) is 6.53. The Bertz CT molecular complexity index is 572. The van der Waals surface area contributed by atoms with Gasteiger partial charge in [0.1, 0.15) is 5.69 Å². The number of nitrogens with one attached hydrogen (secondary N) is 1. The smallest absolute Gasteiger partial charge is 0.269 e. The van der Waals surface area contributed by atoms with E-state index in [2.05, 4.69) is 34.5 Å². The summed E-state index contributed by atoms with van der Waals surface area (Å²) in [5, 5.41) is 15.4. The molecule has 0 aliphatic carbocycles. The van der Waals surface area contributed by atoms with Gasteiger partial charge in [0, 0.05) is 7.05 Å². The van der Waals surface area contributed by atoms with E-state index in [9.17, 15) is 4.79 Å². The molecule has 2 rings (SSSR count). The van der Waals surface area contributed by atoms with Crippen molar-refractivity contribution in [2.24, 2.45) is 13.0 Å². The second-order valence-corrected chi connectivity index (χ2v) is 5.20. The summed E-state index contributed by atoms with van der Waals surface area (Å²) in [6, 6.07) is 1.74. The Labute approximate surface area is 118 Å². The van der Waals surface area contributed by atoms with Crippen molar-refractivity contribution in [1.29, 1.82) is 0 Å². The van der Waals surface area contributed by atoms with Crippen LogP contribution in [0.25, 0.3) is 0 Å². The van der Waals surface area contributed by atoms with Gasteiger partial charge >= 0.3 is 0 Å². The molecular formula is C13H20N6O. The van der Waals surface area contributed by atoms with E-state index in [0.717, 1.165) is 5.69 Å². The maximum Gasteiger partial charge on any atom is 0.269 e. The molecule has 0 radical (unpaired) electrons. The molecule has 7 nitrogen and oxygen atoms in total. The van der Waals surface area contributed by atoms with E-state index in [-0.39, 0.29) is 17.9 Å². The lowest BCUT2D eigenvalue weighted by Gasteiger charge is -2.21. The first-order valence-corrected chi connectivity index (χ1v) is 6.63. The third-order valence-electron chi connectivity index (χ3n) is 3.18. The van der Waals surface area contributed by atoms with Gasteiger partial charge in [0.15, 0.2) is 0 Å². The van der Waals surface area contributed by atoms with Crippen LogP contribution < -0.4 is 5.32 Å². The molecule has 2 aromatic rings. The highest BCUT2D eigenvalue weighted by molar-refractivity contribution is 5.92. The van der Waals surface area contributed by atoms with Gasteiger partial charge in [-0.05, 0) is 18.9 Å². The normalized spacial score (nSPS) is 12.7. The van der Waals surface area contributed by atoms with E-state index in [1.54, 1.807) is 35.0 Å². The monoisotopic (exact) mass is 276 g/mol. The topological polar surface area (TPSA) is 77.6 Å². The molecule has 1 N–H and O–H groups in total. The number of nitrogens with zero attached hydrogens (tertiary/aromatic N) is 5. The Hall–Kier alpha value is -2.18. The molecule has 7 heteroatoms. The minimum absolute atomic E-state index is 0.0369. The molecule has 0 aliphatic rings. The van der Waals surface area contributed by atoms with Crippen LogP contribution >= 0.6 is 0 Å². The molecule has 2 aromatic heterocycles. The van der Waals surface area contributed by atoms with Crippen LogP contribution in [0.4, 0.5) is 0 Å². The predicted octanol–water partition coefficient (Wildman–Crippen LogP) is 0.775. The first-order chi connectivity index (χ1) is 9.47. The van der Waals surface area contributed by atoms with Crippen molar-refractivity contribution in [3.8, 4) is 0 Å². The summed E-state index contributed by atoms with van der Waals surface area (Å²) in [4.78, 5) is 13.9. The Morgan fingerprint density at radius 1 is 1.35 bits per heavy atom. The first kappa shape index (κ1) is 14.2. The first-order valence-electron chi connectivity index (χ1n) is 6.63. The largest absolute Gasteiger partial charge is 0.346 e. The highest BCUT2D eigenvalue weighted by Crippen LogP contribution is 2.07. The molecule has 1 unspecified atom stereocenters. The molecule has 0 aliphatic heterocycles. The molecule has 20 heavy (non-hydrogen) atoms. The van der Waals surface area contributed by atoms with Crippen LogP contribution in [-0.2, 0) is 13.6 Å². The zero-order valence-electron chi connectivity index (χ0n) is 12.2. The van der Waals surface area contributed by atoms with E-state index >= 15 is 0 Å². The van der Waals surface area contributed by atoms with Crippen molar-refractivity contribution < 1.29 is 4.79 Å². The molecule has 1 amide bonds. The molecule has 0 bridgehead atoms. The highest BCUT2D eigenvalue weighted by atomic mass is 16.2. The van der Waals surface area contributed by atoms with Gasteiger partial charge in [-0.1, -0.05) is 13.8 Å². The summed E-state index contributed by atoms with van der Waals surface area (Å²) >= 11 is 0. The van der Waals surface area contributed by atoms with Gasteiger partial charge in [-0.2, -0.15) is 20.1 Å². The average molecular weight is 276 g/mol. The maximum absolute atomic E-state index is 12.3. The van der Waals surface area contributed by atoms with Crippen LogP contribution in [-0.4, -0.2) is 36.7 Å². The zero-order valence-corrected chi connectivity index (χ0v) is 12.2. The fourth-order valence-corrected chi connectivity index (χ4v) is 2.00. The quantitative estimate of drug-likeness (QED) is 0.875. The number of carbonyl (C=O) groups excluding carboxylic acids is 1. The average Bonchev–Trinajstić information content (AvgIpc) is 2.97. The Balaban J connectivity index is 2.08. The van der Waals surface area contributed by atoms with Crippen LogP contribution in [0.1, 0.15) is 30.0 Å². The number of rotatable bonds is 5. The molecule has 0 saturated heterocycles. The fourth-order valence-electron chi connectivity index (χ4n) is 2.00. The minimum atomic E-state index is -0.126. The second kappa shape index (κ2) is 5.85. The van der Waals surface area contributed by atoms with Gasteiger partial charge in [-0.15, -0.1) is 0 Å². The minimum Gasteiger partial charge on any atom is -0.346 e.